The minimum Gasteiger partial charge on any atom is -0.378 e. The van der Waals surface area contributed by atoms with Crippen LogP contribution in [0.2, 0.25) is 0 Å². The third-order valence-corrected chi connectivity index (χ3v) is 4.17. The molecule has 0 radical (unpaired) electrons. The van der Waals surface area contributed by atoms with E-state index < -0.39 is 10.8 Å². The van der Waals surface area contributed by atoms with Crippen LogP contribution in [-0.4, -0.2) is 63.5 Å². The first kappa shape index (κ1) is 14.9. The van der Waals surface area contributed by atoms with Crippen molar-refractivity contribution in [1.82, 2.24) is 15.0 Å². The molecule has 1 atom stereocenters. The van der Waals surface area contributed by atoms with Crippen LogP contribution in [0.4, 0.5) is 17.8 Å². The molecule has 20 heavy (non-hydrogen) atoms. The number of hydrogen-bond donors (Lipinski definition) is 2. The van der Waals surface area contributed by atoms with Gasteiger partial charge in [0.1, 0.15) is 0 Å². The SMILES string of the molecule is CCS(=O)CCNc1nc(N)nc(N2CCOCC2)n1. The number of nitrogen functional groups attached to an aromatic ring is 1. The Balaban J connectivity index is 1.98. The first-order chi connectivity index (χ1) is 9.69. The summed E-state index contributed by atoms with van der Waals surface area (Å²) in [5.74, 6) is 2.38. The Kier molecular flexibility index (Phi) is 5.48. The average Bonchev–Trinajstić information content (AvgIpc) is 2.47. The van der Waals surface area contributed by atoms with E-state index in [1.165, 1.54) is 0 Å². The Labute approximate surface area is 120 Å². The van der Waals surface area contributed by atoms with Gasteiger partial charge in [-0.2, -0.15) is 15.0 Å². The summed E-state index contributed by atoms with van der Waals surface area (Å²) in [7, 11) is -0.808. The van der Waals surface area contributed by atoms with E-state index >= 15 is 0 Å². The molecule has 112 valence electrons. The molecule has 1 aromatic heterocycles. The highest BCUT2D eigenvalue weighted by molar-refractivity contribution is 7.84. The fourth-order valence-corrected chi connectivity index (χ4v) is 2.40. The van der Waals surface area contributed by atoms with Crippen LogP contribution >= 0.6 is 0 Å². The number of hydrogen-bond acceptors (Lipinski definition) is 8. The van der Waals surface area contributed by atoms with E-state index in [9.17, 15) is 4.21 Å². The molecule has 3 N–H and O–H groups in total. The molecule has 8 nitrogen and oxygen atoms in total. The van der Waals surface area contributed by atoms with Crippen LogP contribution in [0.15, 0.2) is 0 Å². The first-order valence-corrected chi connectivity index (χ1v) is 8.11. The van der Waals surface area contributed by atoms with Gasteiger partial charge >= 0.3 is 0 Å². The number of rotatable bonds is 6. The quantitative estimate of drug-likeness (QED) is 0.722. The van der Waals surface area contributed by atoms with Crippen molar-refractivity contribution < 1.29 is 8.95 Å². The van der Waals surface area contributed by atoms with Crippen LogP contribution in [0.5, 0.6) is 0 Å². The second-order valence-electron chi connectivity index (χ2n) is 4.28. The van der Waals surface area contributed by atoms with Crippen LogP contribution in [0.1, 0.15) is 6.92 Å². The van der Waals surface area contributed by atoms with E-state index in [0.717, 1.165) is 13.1 Å². The molecular weight excluding hydrogens is 280 g/mol. The lowest BCUT2D eigenvalue weighted by molar-refractivity contribution is 0.122. The Morgan fingerprint density at radius 3 is 2.80 bits per heavy atom. The lowest BCUT2D eigenvalue weighted by Gasteiger charge is -2.26. The molecule has 0 spiro atoms. The minimum atomic E-state index is -0.808. The highest BCUT2D eigenvalue weighted by Gasteiger charge is 2.15. The second kappa shape index (κ2) is 7.34. The van der Waals surface area contributed by atoms with Crippen LogP contribution in [-0.2, 0) is 15.5 Å². The van der Waals surface area contributed by atoms with E-state index in [1.807, 2.05) is 11.8 Å². The fourth-order valence-electron chi connectivity index (χ4n) is 1.79. The third kappa shape index (κ3) is 4.27. The maximum atomic E-state index is 11.4. The molecule has 1 saturated heterocycles. The predicted octanol–water partition coefficient (Wildman–Crippen LogP) is -0.529. The Bertz CT molecular complexity index is 466. The lowest BCUT2D eigenvalue weighted by Crippen LogP contribution is -2.37. The molecule has 1 aliphatic heterocycles. The summed E-state index contributed by atoms with van der Waals surface area (Å²) >= 11 is 0. The largest absolute Gasteiger partial charge is 0.378 e. The van der Waals surface area contributed by atoms with Crippen molar-refractivity contribution in [3.05, 3.63) is 0 Å². The molecule has 1 aromatic rings. The normalized spacial score (nSPS) is 16.9. The van der Waals surface area contributed by atoms with Crippen molar-refractivity contribution in [2.24, 2.45) is 0 Å². The summed E-state index contributed by atoms with van der Waals surface area (Å²) < 4.78 is 16.6. The van der Waals surface area contributed by atoms with Crippen LogP contribution in [0, 0.1) is 0 Å². The number of aromatic nitrogens is 3. The number of ether oxygens (including phenoxy) is 1. The zero-order valence-corrected chi connectivity index (χ0v) is 12.4. The van der Waals surface area contributed by atoms with Gasteiger partial charge in [-0.05, 0) is 0 Å². The van der Waals surface area contributed by atoms with E-state index in [0.29, 0.717) is 43.2 Å². The monoisotopic (exact) mass is 300 g/mol. The summed E-state index contributed by atoms with van der Waals surface area (Å²) in [6.07, 6.45) is 0. The van der Waals surface area contributed by atoms with Gasteiger partial charge in [-0.25, -0.2) is 0 Å². The number of anilines is 3. The van der Waals surface area contributed by atoms with Gasteiger partial charge in [0.05, 0.1) is 13.2 Å². The summed E-state index contributed by atoms with van der Waals surface area (Å²) in [6, 6.07) is 0. The summed E-state index contributed by atoms with van der Waals surface area (Å²) in [4.78, 5) is 14.5. The van der Waals surface area contributed by atoms with Gasteiger partial charge in [-0.15, -0.1) is 0 Å². The van der Waals surface area contributed by atoms with Crippen LogP contribution in [0.25, 0.3) is 0 Å². The highest BCUT2D eigenvalue weighted by atomic mass is 32.2. The zero-order valence-electron chi connectivity index (χ0n) is 11.5. The van der Waals surface area contributed by atoms with Crippen molar-refractivity contribution in [2.45, 2.75) is 6.92 Å². The van der Waals surface area contributed by atoms with E-state index in [4.69, 9.17) is 10.5 Å². The van der Waals surface area contributed by atoms with Crippen molar-refractivity contribution in [1.29, 1.82) is 0 Å². The van der Waals surface area contributed by atoms with Gasteiger partial charge in [0.15, 0.2) is 0 Å². The molecule has 2 rings (SSSR count). The van der Waals surface area contributed by atoms with Crippen molar-refractivity contribution in [3.63, 3.8) is 0 Å². The Morgan fingerprint density at radius 1 is 1.35 bits per heavy atom. The Morgan fingerprint density at radius 2 is 2.10 bits per heavy atom. The number of nitrogens with two attached hydrogens (primary N) is 1. The van der Waals surface area contributed by atoms with Crippen molar-refractivity contribution in [2.75, 3.05) is 60.3 Å². The molecular formula is C11H20N6O2S. The molecule has 0 aromatic carbocycles. The topological polar surface area (TPSA) is 106 Å². The van der Waals surface area contributed by atoms with E-state index in [1.54, 1.807) is 0 Å². The van der Waals surface area contributed by atoms with Gasteiger partial charge in [-0.3, -0.25) is 4.21 Å². The molecule has 0 saturated carbocycles. The second-order valence-corrected chi connectivity index (χ2v) is 6.14. The molecule has 1 unspecified atom stereocenters. The third-order valence-electron chi connectivity index (χ3n) is 2.87. The molecule has 1 fully saturated rings. The molecule has 9 heteroatoms. The molecule has 0 aliphatic carbocycles. The van der Waals surface area contributed by atoms with Gasteiger partial charge in [0.25, 0.3) is 0 Å². The molecule has 1 aliphatic rings. The van der Waals surface area contributed by atoms with Crippen LogP contribution in [0.3, 0.4) is 0 Å². The number of nitrogens with one attached hydrogen (secondary N) is 1. The smallest absolute Gasteiger partial charge is 0.232 e. The average molecular weight is 300 g/mol. The lowest BCUT2D eigenvalue weighted by atomic mass is 10.4. The standard InChI is InChI=1S/C11H20N6O2S/c1-2-20(18)8-3-13-10-14-9(12)15-11(16-10)17-4-6-19-7-5-17/h2-8H2,1H3,(H3,12,13,14,15,16). The van der Waals surface area contributed by atoms with Crippen LogP contribution < -0.4 is 16.0 Å². The maximum Gasteiger partial charge on any atom is 0.232 e. The Hall–Kier alpha value is -1.48. The van der Waals surface area contributed by atoms with Gasteiger partial charge in [0, 0.05) is 41.9 Å². The minimum absolute atomic E-state index is 0.181. The maximum absolute atomic E-state index is 11.4. The number of nitrogens with zero attached hydrogens (tertiary/aromatic N) is 4. The molecule has 2 heterocycles. The van der Waals surface area contributed by atoms with Gasteiger partial charge in [-0.1, -0.05) is 6.92 Å². The van der Waals surface area contributed by atoms with Gasteiger partial charge < -0.3 is 20.7 Å². The predicted molar refractivity (Wildman–Crippen MR) is 79.3 cm³/mol. The van der Waals surface area contributed by atoms with Crippen molar-refractivity contribution >= 4 is 28.6 Å². The summed E-state index contributed by atoms with van der Waals surface area (Å²) in [5, 5.41) is 3.04. The van der Waals surface area contributed by atoms with Crippen molar-refractivity contribution in [3.8, 4) is 0 Å². The number of morpholine rings is 1. The zero-order chi connectivity index (χ0) is 14.4. The fraction of sp³-hybridized carbons (Fsp3) is 0.727. The van der Waals surface area contributed by atoms with Gasteiger partial charge in [0.2, 0.25) is 17.8 Å². The summed E-state index contributed by atoms with van der Waals surface area (Å²) in [5.41, 5.74) is 5.70. The molecule has 0 bridgehead atoms. The summed E-state index contributed by atoms with van der Waals surface area (Å²) in [6.45, 7) is 5.24. The van der Waals surface area contributed by atoms with E-state index in [-0.39, 0.29) is 5.95 Å². The molecule has 0 amide bonds. The highest BCUT2D eigenvalue weighted by Crippen LogP contribution is 2.13. The first-order valence-electron chi connectivity index (χ1n) is 6.62. The van der Waals surface area contributed by atoms with E-state index in [2.05, 4.69) is 20.3 Å².